The molecule has 1 unspecified atom stereocenters. The number of amides is 3. The van der Waals surface area contributed by atoms with Crippen molar-refractivity contribution in [2.75, 3.05) is 0 Å². The largest absolute Gasteiger partial charge is 0.481 e. The van der Waals surface area contributed by atoms with Crippen LogP contribution in [0.3, 0.4) is 0 Å². The van der Waals surface area contributed by atoms with E-state index in [0.29, 0.717) is 0 Å². The third-order valence-electron chi connectivity index (χ3n) is 2.89. The first-order valence-corrected chi connectivity index (χ1v) is 6.98. The van der Waals surface area contributed by atoms with E-state index in [4.69, 9.17) is 5.11 Å². The minimum atomic E-state index is -0.958. The van der Waals surface area contributed by atoms with Gasteiger partial charge in [0.1, 0.15) is 0 Å². The number of carbonyl (C=O) groups excluding carboxylic acids is 2. The predicted octanol–water partition coefficient (Wildman–Crippen LogP) is 2.28. The lowest BCUT2D eigenvalue weighted by molar-refractivity contribution is -0.139. The van der Waals surface area contributed by atoms with Crippen molar-refractivity contribution in [2.45, 2.75) is 65.8 Å². The van der Waals surface area contributed by atoms with Crippen molar-refractivity contribution in [1.29, 1.82) is 0 Å². The van der Waals surface area contributed by atoms with Crippen LogP contribution in [0.2, 0.25) is 0 Å². The molecule has 0 bridgehead atoms. The molecule has 0 aliphatic heterocycles. The van der Waals surface area contributed by atoms with Crippen molar-refractivity contribution in [3.8, 4) is 0 Å². The second-order valence-corrected chi connectivity index (χ2v) is 5.98. The topological polar surface area (TPSA) is 95.5 Å². The molecule has 0 heterocycles. The van der Waals surface area contributed by atoms with E-state index in [1.807, 2.05) is 6.92 Å². The molecular formula is C14H26N2O4. The summed E-state index contributed by atoms with van der Waals surface area (Å²) in [5.41, 5.74) is -0.677. The SMILES string of the molecule is CCCCC(C)NC(=O)NC(=O)CC(C)(C)CC(=O)O. The number of unbranched alkanes of at least 4 members (excludes halogenated alkanes) is 1. The molecule has 0 saturated carbocycles. The van der Waals surface area contributed by atoms with Crippen LogP contribution in [-0.2, 0) is 9.59 Å². The third-order valence-corrected chi connectivity index (χ3v) is 2.89. The molecule has 0 aromatic heterocycles. The smallest absolute Gasteiger partial charge is 0.321 e. The fraction of sp³-hybridized carbons (Fsp3) is 0.786. The molecule has 0 aromatic carbocycles. The molecule has 0 saturated heterocycles. The molecule has 6 heteroatoms. The third kappa shape index (κ3) is 9.35. The Bertz CT molecular complexity index is 353. The van der Waals surface area contributed by atoms with Gasteiger partial charge >= 0.3 is 12.0 Å². The number of nitrogens with one attached hydrogen (secondary N) is 2. The van der Waals surface area contributed by atoms with E-state index in [2.05, 4.69) is 17.6 Å². The average molecular weight is 286 g/mol. The second-order valence-electron chi connectivity index (χ2n) is 5.98. The van der Waals surface area contributed by atoms with Crippen molar-refractivity contribution in [1.82, 2.24) is 10.6 Å². The van der Waals surface area contributed by atoms with Gasteiger partial charge in [-0.15, -0.1) is 0 Å². The van der Waals surface area contributed by atoms with Crippen LogP contribution in [-0.4, -0.2) is 29.1 Å². The minimum absolute atomic E-state index is 0.00391. The second kappa shape index (κ2) is 8.55. The number of urea groups is 1. The molecule has 0 aromatic rings. The van der Waals surface area contributed by atoms with Gasteiger partial charge in [0.05, 0.1) is 6.42 Å². The zero-order chi connectivity index (χ0) is 15.8. The van der Waals surface area contributed by atoms with Crippen LogP contribution >= 0.6 is 0 Å². The molecule has 20 heavy (non-hydrogen) atoms. The van der Waals surface area contributed by atoms with Gasteiger partial charge in [-0.1, -0.05) is 33.6 Å². The van der Waals surface area contributed by atoms with Gasteiger partial charge in [-0.25, -0.2) is 4.79 Å². The van der Waals surface area contributed by atoms with E-state index in [9.17, 15) is 14.4 Å². The minimum Gasteiger partial charge on any atom is -0.481 e. The number of hydrogen-bond donors (Lipinski definition) is 3. The molecular weight excluding hydrogens is 260 g/mol. The number of hydrogen-bond acceptors (Lipinski definition) is 3. The summed E-state index contributed by atoms with van der Waals surface area (Å²) in [6.45, 7) is 7.32. The van der Waals surface area contributed by atoms with Gasteiger partial charge < -0.3 is 10.4 Å². The summed E-state index contributed by atoms with van der Waals surface area (Å²) in [6.07, 6.45) is 2.81. The Morgan fingerprint density at radius 2 is 1.80 bits per heavy atom. The van der Waals surface area contributed by atoms with E-state index >= 15 is 0 Å². The number of imide groups is 1. The summed E-state index contributed by atoms with van der Waals surface area (Å²) in [4.78, 5) is 33.9. The first-order valence-electron chi connectivity index (χ1n) is 6.98. The van der Waals surface area contributed by atoms with Crippen LogP contribution in [0, 0.1) is 5.41 Å². The van der Waals surface area contributed by atoms with Crippen LogP contribution in [0.4, 0.5) is 4.79 Å². The molecule has 0 rings (SSSR count). The van der Waals surface area contributed by atoms with Crippen molar-refractivity contribution < 1.29 is 19.5 Å². The quantitative estimate of drug-likeness (QED) is 0.638. The normalized spacial score (nSPS) is 12.6. The highest BCUT2D eigenvalue weighted by Gasteiger charge is 2.26. The molecule has 0 aliphatic rings. The monoisotopic (exact) mass is 286 g/mol. The molecule has 3 amide bonds. The zero-order valence-corrected chi connectivity index (χ0v) is 12.8. The van der Waals surface area contributed by atoms with E-state index in [1.165, 1.54) is 0 Å². The summed E-state index contributed by atoms with van der Waals surface area (Å²) < 4.78 is 0. The Balaban J connectivity index is 4.13. The van der Waals surface area contributed by atoms with Gasteiger partial charge in [0, 0.05) is 12.5 Å². The first-order chi connectivity index (χ1) is 9.16. The van der Waals surface area contributed by atoms with Gasteiger partial charge in [-0.2, -0.15) is 0 Å². The maximum atomic E-state index is 11.7. The van der Waals surface area contributed by atoms with E-state index in [0.717, 1.165) is 19.3 Å². The van der Waals surface area contributed by atoms with Gasteiger partial charge in [0.25, 0.3) is 0 Å². The summed E-state index contributed by atoms with van der Waals surface area (Å²) in [5, 5.41) is 13.7. The first kappa shape index (κ1) is 18.4. The molecule has 0 aliphatic carbocycles. The Morgan fingerprint density at radius 3 is 2.30 bits per heavy atom. The van der Waals surface area contributed by atoms with Gasteiger partial charge in [-0.05, 0) is 18.8 Å². The standard InChI is InChI=1S/C14H26N2O4/c1-5-6-7-10(2)15-13(20)16-11(17)8-14(3,4)9-12(18)19/h10H,5-9H2,1-4H3,(H,18,19)(H2,15,16,17,20). The zero-order valence-electron chi connectivity index (χ0n) is 12.8. The highest BCUT2D eigenvalue weighted by molar-refractivity contribution is 5.94. The van der Waals surface area contributed by atoms with Crippen LogP contribution in [0.1, 0.15) is 59.8 Å². The van der Waals surface area contributed by atoms with Crippen molar-refractivity contribution in [3.63, 3.8) is 0 Å². The van der Waals surface area contributed by atoms with Gasteiger partial charge in [0.15, 0.2) is 0 Å². The van der Waals surface area contributed by atoms with Crippen LogP contribution in [0.5, 0.6) is 0 Å². The van der Waals surface area contributed by atoms with Gasteiger partial charge in [-0.3, -0.25) is 14.9 Å². The number of carboxylic acid groups (broad SMARTS) is 1. The van der Waals surface area contributed by atoms with E-state index < -0.39 is 23.3 Å². The van der Waals surface area contributed by atoms with Crippen LogP contribution < -0.4 is 10.6 Å². The number of carboxylic acids is 1. The van der Waals surface area contributed by atoms with Gasteiger partial charge in [0.2, 0.25) is 5.91 Å². The lowest BCUT2D eigenvalue weighted by atomic mass is 9.85. The van der Waals surface area contributed by atoms with Crippen molar-refractivity contribution in [2.24, 2.45) is 5.41 Å². The number of aliphatic carboxylic acids is 1. The van der Waals surface area contributed by atoms with Crippen LogP contribution in [0.15, 0.2) is 0 Å². The molecule has 3 N–H and O–H groups in total. The Hall–Kier alpha value is -1.59. The molecule has 0 radical (unpaired) electrons. The summed E-state index contributed by atoms with van der Waals surface area (Å²) in [7, 11) is 0. The lowest BCUT2D eigenvalue weighted by Crippen LogP contribution is -2.44. The predicted molar refractivity (Wildman–Crippen MR) is 76.3 cm³/mol. The molecule has 0 fully saturated rings. The average Bonchev–Trinajstić information content (AvgIpc) is 2.22. The van der Waals surface area contributed by atoms with Crippen LogP contribution in [0.25, 0.3) is 0 Å². The van der Waals surface area contributed by atoms with E-state index in [1.54, 1.807) is 13.8 Å². The highest BCUT2D eigenvalue weighted by Crippen LogP contribution is 2.24. The Labute approximate surface area is 120 Å². The molecule has 1 atom stereocenters. The fourth-order valence-corrected chi connectivity index (χ4v) is 1.92. The summed E-state index contributed by atoms with van der Waals surface area (Å²) in [6, 6.07) is -0.514. The highest BCUT2D eigenvalue weighted by atomic mass is 16.4. The number of rotatable bonds is 8. The van der Waals surface area contributed by atoms with Crippen molar-refractivity contribution in [3.05, 3.63) is 0 Å². The van der Waals surface area contributed by atoms with Crippen molar-refractivity contribution >= 4 is 17.9 Å². The molecule has 0 spiro atoms. The summed E-state index contributed by atoms with van der Waals surface area (Å²) >= 11 is 0. The Kier molecular flexibility index (Phi) is 7.87. The van der Waals surface area contributed by atoms with E-state index in [-0.39, 0.29) is 18.9 Å². The molecule has 6 nitrogen and oxygen atoms in total. The maximum absolute atomic E-state index is 11.7. The number of carbonyl (C=O) groups is 3. The maximum Gasteiger partial charge on any atom is 0.321 e. The lowest BCUT2D eigenvalue weighted by Gasteiger charge is -2.21. The Morgan fingerprint density at radius 1 is 1.20 bits per heavy atom. The fourth-order valence-electron chi connectivity index (χ4n) is 1.92. The molecule has 116 valence electrons. The summed E-state index contributed by atoms with van der Waals surface area (Å²) in [5.74, 6) is -1.42.